The second kappa shape index (κ2) is 5.23. The Balaban J connectivity index is 2.07. The van der Waals surface area contributed by atoms with E-state index in [2.05, 4.69) is 0 Å². The molecule has 0 bridgehead atoms. The van der Waals surface area contributed by atoms with E-state index in [1.165, 1.54) is 9.46 Å². The first-order chi connectivity index (χ1) is 8.16. The zero-order valence-electron chi connectivity index (χ0n) is 8.92. The molecule has 0 radical (unpaired) electrons. The largest absolute Gasteiger partial charge is 0.492 e. The third-order valence-electron chi connectivity index (χ3n) is 1.79. The Morgan fingerprint density at radius 1 is 0.765 bits per heavy atom. The van der Waals surface area contributed by atoms with Crippen molar-refractivity contribution in [3.8, 4) is 0 Å². The fourth-order valence-corrected chi connectivity index (χ4v) is 2.39. The van der Waals surface area contributed by atoms with Crippen LogP contribution in [0.1, 0.15) is 0 Å². The van der Waals surface area contributed by atoms with Crippen molar-refractivity contribution in [1.82, 2.24) is 0 Å². The summed E-state index contributed by atoms with van der Waals surface area (Å²) >= 11 is 5.11. The van der Waals surface area contributed by atoms with Gasteiger partial charge in [0.2, 0.25) is 24.8 Å². The van der Waals surface area contributed by atoms with Gasteiger partial charge >= 0.3 is 6.64 Å². The molecule has 7 heteroatoms. The van der Waals surface area contributed by atoms with Crippen molar-refractivity contribution in [2.75, 3.05) is 0 Å². The molecule has 0 amide bonds. The van der Waals surface area contributed by atoms with Crippen molar-refractivity contribution < 1.29 is 18.7 Å². The van der Waals surface area contributed by atoms with Gasteiger partial charge in [0, 0.05) is 45.5 Å². The van der Waals surface area contributed by atoms with E-state index in [9.17, 15) is 0 Å². The molecule has 0 aliphatic rings. The Kier molecular flexibility index (Phi) is 3.68. The van der Waals surface area contributed by atoms with Crippen molar-refractivity contribution in [3.63, 3.8) is 0 Å². The lowest BCUT2D eigenvalue weighted by atomic mass is 10.5. The number of rotatable bonds is 4. The second-order valence-corrected chi connectivity index (χ2v) is 6.11. The molecule has 0 saturated heterocycles. The number of nitrogens with two attached hydrogens (primary N) is 1. The molecule has 2 aromatic rings. The molecular formula is C10H12N3O2PS+2. The zero-order valence-corrected chi connectivity index (χ0v) is 10.6. The van der Waals surface area contributed by atoms with E-state index in [0.717, 1.165) is 0 Å². The lowest BCUT2D eigenvalue weighted by Crippen LogP contribution is -2.49. The van der Waals surface area contributed by atoms with Crippen LogP contribution in [-0.2, 0) is 11.8 Å². The van der Waals surface area contributed by atoms with Crippen LogP contribution in [-0.4, -0.2) is 0 Å². The first kappa shape index (κ1) is 12.0. The van der Waals surface area contributed by atoms with Crippen LogP contribution < -0.4 is 24.2 Å². The molecule has 2 N–H and O–H groups in total. The molecule has 0 aliphatic carbocycles. The summed E-state index contributed by atoms with van der Waals surface area (Å²) in [6.45, 7) is -2.88. The Morgan fingerprint density at radius 3 is 1.47 bits per heavy atom. The minimum Gasteiger partial charge on any atom is -0.230 e. The molecule has 17 heavy (non-hydrogen) atoms. The lowest BCUT2D eigenvalue weighted by Gasteiger charge is -2.06. The highest BCUT2D eigenvalue weighted by atomic mass is 32.5. The number of pyridine rings is 2. The molecular weight excluding hydrogens is 257 g/mol. The van der Waals surface area contributed by atoms with Gasteiger partial charge in [-0.3, -0.25) is 0 Å². The fraction of sp³-hybridized carbons (Fsp3) is 0. The molecule has 5 nitrogen and oxygen atoms in total. The van der Waals surface area contributed by atoms with Gasteiger partial charge in [0.05, 0.1) is 0 Å². The van der Waals surface area contributed by atoms with Gasteiger partial charge in [-0.1, -0.05) is 12.1 Å². The van der Waals surface area contributed by atoms with Crippen LogP contribution in [0.5, 0.6) is 0 Å². The van der Waals surface area contributed by atoms with E-state index in [1.54, 1.807) is 24.8 Å². The van der Waals surface area contributed by atoms with Crippen molar-refractivity contribution in [2.45, 2.75) is 0 Å². The van der Waals surface area contributed by atoms with Crippen molar-refractivity contribution in [3.05, 3.63) is 61.2 Å². The molecule has 0 saturated carbocycles. The number of nitrogens with zero attached hydrogens (tertiary/aromatic N) is 2. The molecule has 88 valence electrons. The van der Waals surface area contributed by atoms with Gasteiger partial charge < -0.3 is 0 Å². The highest BCUT2D eigenvalue weighted by molar-refractivity contribution is 8.08. The molecule has 2 rings (SSSR count). The standard InChI is InChI=1S/C10H12N3O2PS/c11-16(17,14-12-7-3-1-4-8-12)15-13-9-5-2-6-10-13/h1-10H,(H2,11,17)/q+2. The molecule has 2 heterocycles. The Labute approximate surface area is 104 Å². The monoisotopic (exact) mass is 269 g/mol. The number of aromatic nitrogens is 2. The van der Waals surface area contributed by atoms with E-state index in [-0.39, 0.29) is 0 Å². The molecule has 0 unspecified atom stereocenters. The van der Waals surface area contributed by atoms with E-state index < -0.39 is 6.64 Å². The molecule has 0 atom stereocenters. The summed E-state index contributed by atoms with van der Waals surface area (Å²) in [4.78, 5) is 0. The summed E-state index contributed by atoms with van der Waals surface area (Å²) in [5, 5.41) is 0. The van der Waals surface area contributed by atoms with Crippen LogP contribution in [0.15, 0.2) is 61.2 Å². The van der Waals surface area contributed by atoms with Gasteiger partial charge in [-0.2, -0.15) is 9.25 Å². The maximum Gasteiger partial charge on any atom is 0.492 e. The van der Waals surface area contributed by atoms with E-state index >= 15 is 0 Å². The first-order valence-electron chi connectivity index (χ1n) is 4.87. The van der Waals surface area contributed by atoms with Gasteiger partial charge in [0.1, 0.15) is 0 Å². The Morgan fingerprint density at radius 2 is 1.12 bits per heavy atom. The average molecular weight is 269 g/mol. The van der Waals surface area contributed by atoms with E-state index in [1.807, 2.05) is 36.4 Å². The summed E-state index contributed by atoms with van der Waals surface area (Å²) in [6.07, 6.45) is 6.81. The van der Waals surface area contributed by atoms with E-state index in [0.29, 0.717) is 0 Å². The minimum absolute atomic E-state index is 1.43. The van der Waals surface area contributed by atoms with Gasteiger partial charge in [-0.05, 0) is 0 Å². The summed E-state index contributed by atoms with van der Waals surface area (Å²) < 4.78 is 13.6. The molecule has 0 fully saturated rings. The highest BCUT2D eigenvalue weighted by Gasteiger charge is 2.27. The highest BCUT2D eigenvalue weighted by Crippen LogP contribution is 2.26. The Hall–Kier alpha value is -1.49. The van der Waals surface area contributed by atoms with Crippen molar-refractivity contribution in [2.24, 2.45) is 5.50 Å². The summed E-state index contributed by atoms with van der Waals surface area (Å²) in [5.74, 6) is 0. The zero-order chi connectivity index (χ0) is 12.1. The predicted octanol–water partition coefficient (Wildman–Crippen LogP) is 0.00220. The van der Waals surface area contributed by atoms with Crippen LogP contribution in [0.4, 0.5) is 0 Å². The minimum atomic E-state index is -2.88. The van der Waals surface area contributed by atoms with Gasteiger partial charge in [0.15, 0.2) is 0 Å². The van der Waals surface area contributed by atoms with Gasteiger partial charge in [-0.25, -0.2) is 5.50 Å². The van der Waals surface area contributed by atoms with Crippen LogP contribution in [0.3, 0.4) is 0 Å². The lowest BCUT2D eigenvalue weighted by molar-refractivity contribution is -0.884. The summed E-state index contributed by atoms with van der Waals surface area (Å²) in [7, 11) is 0. The van der Waals surface area contributed by atoms with Gasteiger partial charge in [-0.15, -0.1) is 0 Å². The van der Waals surface area contributed by atoms with Crippen LogP contribution in [0.2, 0.25) is 0 Å². The van der Waals surface area contributed by atoms with Crippen molar-refractivity contribution >= 4 is 18.4 Å². The summed E-state index contributed by atoms with van der Waals surface area (Å²) in [5.41, 5.74) is 5.82. The molecule has 0 aliphatic heterocycles. The maximum absolute atomic E-state index is 5.82. The maximum atomic E-state index is 5.82. The number of hydrogen-bond donors (Lipinski definition) is 1. The van der Waals surface area contributed by atoms with E-state index in [4.69, 9.17) is 26.6 Å². The van der Waals surface area contributed by atoms with Crippen LogP contribution in [0.25, 0.3) is 0 Å². The normalized spacial score (nSPS) is 10.9. The second-order valence-electron chi connectivity index (χ2n) is 3.17. The summed E-state index contributed by atoms with van der Waals surface area (Å²) in [6, 6.07) is 11.0. The average Bonchev–Trinajstić information content (AvgIpc) is 2.30. The third-order valence-corrected chi connectivity index (χ3v) is 3.02. The molecule has 0 spiro atoms. The quantitative estimate of drug-likeness (QED) is 0.627. The topological polar surface area (TPSA) is 52.2 Å². The third kappa shape index (κ3) is 3.78. The van der Waals surface area contributed by atoms with Gasteiger partial charge in [0.25, 0.3) is 0 Å². The van der Waals surface area contributed by atoms with Crippen LogP contribution in [0, 0.1) is 0 Å². The first-order valence-corrected chi connectivity index (χ1v) is 7.58. The van der Waals surface area contributed by atoms with Crippen LogP contribution >= 0.6 is 6.64 Å². The fourth-order valence-electron chi connectivity index (χ4n) is 1.15. The predicted molar refractivity (Wildman–Crippen MR) is 64.9 cm³/mol. The smallest absolute Gasteiger partial charge is 0.230 e. The SMILES string of the molecule is NP(=S)(O[n+]1ccccc1)O[n+]1ccccc1. The Bertz CT molecular complexity index is 478. The molecule has 0 aromatic carbocycles. The number of hydrogen-bond acceptors (Lipinski definition) is 3. The van der Waals surface area contributed by atoms with Crippen molar-refractivity contribution in [1.29, 1.82) is 0 Å². The molecule has 2 aromatic heterocycles.